The summed E-state index contributed by atoms with van der Waals surface area (Å²) >= 11 is 0. The molecule has 90 valence electrons. The molecule has 2 aliphatic rings. The fourth-order valence-corrected chi connectivity index (χ4v) is 1.64. The number of carbonyl (C=O) groups excluding carboxylic acids is 2. The molecular weight excluding hydrogens is 206 g/mol. The molecule has 0 aromatic heterocycles. The molecule has 1 atom stereocenters. The Morgan fingerprint density at radius 1 is 1.44 bits per heavy atom. The fourth-order valence-electron chi connectivity index (χ4n) is 1.64. The van der Waals surface area contributed by atoms with Gasteiger partial charge in [-0.15, -0.1) is 0 Å². The number of nitrogens with two attached hydrogens (primary N) is 1. The minimum atomic E-state index is -0.461. The zero-order chi connectivity index (χ0) is 11.8. The molecule has 0 saturated heterocycles. The monoisotopic (exact) mass is 225 g/mol. The van der Waals surface area contributed by atoms with Crippen LogP contribution in [0.15, 0.2) is 0 Å². The Bertz CT molecular complexity index is 308. The largest absolute Gasteiger partial charge is 0.352 e. The van der Waals surface area contributed by atoms with Crippen molar-refractivity contribution in [1.29, 1.82) is 0 Å². The van der Waals surface area contributed by atoms with Gasteiger partial charge >= 0.3 is 0 Å². The van der Waals surface area contributed by atoms with Gasteiger partial charge in [-0.05, 0) is 32.6 Å². The average Bonchev–Trinajstić information content (AvgIpc) is 3.12. The second-order valence-corrected chi connectivity index (χ2v) is 4.96. The molecule has 4 N–H and O–H groups in total. The highest BCUT2D eigenvalue weighted by molar-refractivity contribution is 5.91. The van der Waals surface area contributed by atoms with Crippen LogP contribution >= 0.6 is 0 Å². The molecule has 5 nitrogen and oxygen atoms in total. The van der Waals surface area contributed by atoms with Crippen molar-refractivity contribution in [2.75, 3.05) is 6.54 Å². The molecule has 0 bridgehead atoms. The molecule has 0 aromatic carbocycles. The van der Waals surface area contributed by atoms with Crippen LogP contribution in [-0.4, -0.2) is 30.4 Å². The van der Waals surface area contributed by atoms with Crippen molar-refractivity contribution in [2.24, 2.45) is 11.1 Å². The first-order valence-corrected chi connectivity index (χ1v) is 5.89. The van der Waals surface area contributed by atoms with Crippen molar-refractivity contribution in [3.05, 3.63) is 0 Å². The second-order valence-electron chi connectivity index (χ2n) is 4.96. The summed E-state index contributed by atoms with van der Waals surface area (Å²) in [4.78, 5) is 23.4. The van der Waals surface area contributed by atoms with Gasteiger partial charge in [0.15, 0.2) is 0 Å². The van der Waals surface area contributed by atoms with E-state index < -0.39 is 6.04 Å². The highest BCUT2D eigenvalue weighted by Crippen LogP contribution is 2.44. The lowest BCUT2D eigenvalue weighted by Gasteiger charge is -2.18. The predicted octanol–water partition coefficient (Wildman–Crippen LogP) is -0.491. The van der Waals surface area contributed by atoms with E-state index in [2.05, 4.69) is 10.6 Å². The molecule has 0 heterocycles. The number of hydrogen-bond acceptors (Lipinski definition) is 3. The Kier molecular flexibility index (Phi) is 2.88. The quantitative estimate of drug-likeness (QED) is 0.590. The van der Waals surface area contributed by atoms with Gasteiger partial charge in [-0.25, -0.2) is 0 Å². The second kappa shape index (κ2) is 4.05. The fraction of sp³-hybridized carbons (Fsp3) is 0.818. The van der Waals surface area contributed by atoms with Crippen LogP contribution in [0.25, 0.3) is 0 Å². The third kappa shape index (κ3) is 2.35. The van der Waals surface area contributed by atoms with E-state index in [1.165, 1.54) is 0 Å². The summed E-state index contributed by atoms with van der Waals surface area (Å²) < 4.78 is 0. The first-order valence-electron chi connectivity index (χ1n) is 5.89. The lowest BCUT2D eigenvalue weighted by Crippen LogP contribution is -2.48. The highest BCUT2D eigenvalue weighted by atomic mass is 16.2. The van der Waals surface area contributed by atoms with Gasteiger partial charge in [-0.1, -0.05) is 0 Å². The van der Waals surface area contributed by atoms with E-state index in [0.29, 0.717) is 12.6 Å². The van der Waals surface area contributed by atoms with Gasteiger partial charge in [-0.2, -0.15) is 0 Å². The molecule has 2 aliphatic carbocycles. The normalized spacial score (nSPS) is 23.4. The average molecular weight is 225 g/mol. The summed E-state index contributed by atoms with van der Waals surface area (Å²) in [7, 11) is 0. The maximum Gasteiger partial charge on any atom is 0.242 e. The van der Waals surface area contributed by atoms with Gasteiger partial charge in [-0.3, -0.25) is 9.59 Å². The first kappa shape index (κ1) is 11.4. The Labute approximate surface area is 95.1 Å². The van der Waals surface area contributed by atoms with E-state index >= 15 is 0 Å². The first-order chi connectivity index (χ1) is 7.57. The molecule has 0 radical (unpaired) electrons. The lowest BCUT2D eigenvalue weighted by molar-refractivity contribution is -0.131. The van der Waals surface area contributed by atoms with Gasteiger partial charge in [0.2, 0.25) is 11.8 Å². The zero-order valence-corrected chi connectivity index (χ0v) is 9.58. The van der Waals surface area contributed by atoms with Crippen molar-refractivity contribution < 1.29 is 9.59 Å². The summed E-state index contributed by atoms with van der Waals surface area (Å²) in [6.07, 6.45) is 3.79. The van der Waals surface area contributed by atoms with Gasteiger partial charge in [0.05, 0.1) is 5.41 Å². The Hall–Kier alpha value is -1.10. The summed E-state index contributed by atoms with van der Waals surface area (Å²) in [5, 5.41) is 5.60. The molecule has 0 spiro atoms. The Morgan fingerprint density at radius 2 is 2.06 bits per heavy atom. The van der Waals surface area contributed by atoms with Crippen LogP contribution in [-0.2, 0) is 9.59 Å². The van der Waals surface area contributed by atoms with Crippen molar-refractivity contribution >= 4 is 11.8 Å². The summed E-state index contributed by atoms with van der Waals surface area (Å²) in [6, 6.07) is -0.131. The van der Waals surface area contributed by atoms with Crippen molar-refractivity contribution in [3.63, 3.8) is 0 Å². The van der Waals surface area contributed by atoms with Crippen molar-refractivity contribution in [2.45, 2.75) is 44.7 Å². The molecule has 16 heavy (non-hydrogen) atoms. The molecule has 1 unspecified atom stereocenters. The van der Waals surface area contributed by atoms with Crippen LogP contribution < -0.4 is 16.4 Å². The van der Waals surface area contributed by atoms with E-state index in [1.54, 1.807) is 6.92 Å². The van der Waals surface area contributed by atoms with E-state index in [-0.39, 0.29) is 17.2 Å². The third-order valence-electron chi connectivity index (χ3n) is 3.39. The number of amides is 2. The van der Waals surface area contributed by atoms with E-state index in [4.69, 9.17) is 5.73 Å². The number of nitrogens with one attached hydrogen (secondary N) is 2. The Balaban J connectivity index is 1.79. The number of hydrogen-bond donors (Lipinski definition) is 3. The van der Waals surface area contributed by atoms with Crippen LogP contribution in [0.2, 0.25) is 0 Å². The summed E-state index contributed by atoms with van der Waals surface area (Å²) in [5.74, 6) is -0.169. The zero-order valence-electron chi connectivity index (χ0n) is 9.58. The lowest BCUT2D eigenvalue weighted by atomic mass is 10.1. The third-order valence-corrected chi connectivity index (χ3v) is 3.39. The van der Waals surface area contributed by atoms with Crippen molar-refractivity contribution in [1.82, 2.24) is 10.6 Å². The number of rotatable bonds is 5. The molecule has 0 aromatic rings. The van der Waals surface area contributed by atoms with Gasteiger partial charge < -0.3 is 16.4 Å². The van der Waals surface area contributed by atoms with Gasteiger partial charge in [0.1, 0.15) is 6.04 Å². The molecular formula is C11H19N3O2. The molecule has 2 fully saturated rings. The minimum Gasteiger partial charge on any atom is -0.352 e. The van der Waals surface area contributed by atoms with Crippen LogP contribution in [0.4, 0.5) is 0 Å². The van der Waals surface area contributed by atoms with E-state index in [9.17, 15) is 9.59 Å². The van der Waals surface area contributed by atoms with Crippen LogP contribution in [0.5, 0.6) is 0 Å². The van der Waals surface area contributed by atoms with E-state index in [1.807, 2.05) is 0 Å². The number of carbonyl (C=O) groups is 2. The maximum atomic E-state index is 11.8. The molecule has 2 saturated carbocycles. The molecule has 0 aliphatic heterocycles. The van der Waals surface area contributed by atoms with Crippen molar-refractivity contribution in [3.8, 4) is 0 Å². The highest BCUT2D eigenvalue weighted by Gasteiger charge is 2.49. The minimum absolute atomic E-state index is 0.0755. The summed E-state index contributed by atoms with van der Waals surface area (Å²) in [6.45, 7) is 2.08. The molecule has 5 heteroatoms. The van der Waals surface area contributed by atoms with Crippen LogP contribution in [0, 0.1) is 5.41 Å². The predicted molar refractivity (Wildman–Crippen MR) is 59.5 cm³/mol. The maximum absolute atomic E-state index is 11.8. The van der Waals surface area contributed by atoms with Crippen LogP contribution in [0.1, 0.15) is 32.6 Å². The molecule has 2 rings (SSSR count). The van der Waals surface area contributed by atoms with Gasteiger partial charge in [0.25, 0.3) is 0 Å². The standard InChI is InChI=1S/C11H19N3O2/c1-7(9(15)14-8-2-3-8)13-10(16)11(6-12)4-5-11/h7-8H,2-6,12H2,1H3,(H,13,16)(H,14,15). The van der Waals surface area contributed by atoms with Crippen LogP contribution in [0.3, 0.4) is 0 Å². The topological polar surface area (TPSA) is 84.2 Å². The smallest absolute Gasteiger partial charge is 0.242 e. The summed E-state index contributed by atoms with van der Waals surface area (Å²) in [5.41, 5.74) is 5.17. The van der Waals surface area contributed by atoms with E-state index in [0.717, 1.165) is 25.7 Å². The molecule has 2 amide bonds. The van der Waals surface area contributed by atoms with Gasteiger partial charge in [0, 0.05) is 12.6 Å². The SMILES string of the molecule is CC(NC(=O)C1(CN)CC1)C(=O)NC1CC1. The Morgan fingerprint density at radius 3 is 2.50 bits per heavy atom.